The highest BCUT2D eigenvalue weighted by Gasteiger charge is 2.29. The molecule has 0 aromatic carbocycles. The van der Waals surface area contributed by atoms with Crippen LogP contribution in [0.15, 0.2) is 6.20 Å². The summed E-state index contributed by atoms with van der Waals surface area (Å²) in [5.41, 5.74) is 6.61. The summed E-state index contributed by atoms with van der Waals surface area (Å²) in [6.07, 6.45) is 3.21. The van der Waals surface area contributed by atoms with Crippen LogP contribution in [0.25, 0.3) is 0 Å². The lowest BCUT2D eigenvalue weighted by atomic mass is 10.0. The van der Waals surface area contributed by atoms with E-state index in [0.29, 0.717) is 5.56 Å². The molecule has 1 saturated heterocycles. The van der Waals surface area contributed by atoms with Gasteiger partial charge in [-0.05, 0) is 32.9 Å². The molecule has 20 heavy (non-hydrogen) atoms. The molecule has 1 aliphatic heterocycles. The number of amides is 2. The van der Waals surface area contributed by atoms with Crippen LogP contribution in [-0.4, -0.2) is 52.2 Å². The Morgan fingerprint density at radius 3 is 2.65 bits per heavy atom. The molecule has 2 rings (SSSR count). The summed E-state index contributed by atoms with van der Waals surface area (Å²) in [7, 11) is 1.79. The van der Waals surface area contributed by atoms with Crippen LogP contribution in [0.5, 0.6) is 0 Å². The molecule has 0 aliphatic carbocycles. The standard InChI is InChI=1S/C13H21N5O2/c1-9-11(7-16-17(9)2)13(20)18(8-12(14)19)10-3-5-15-6-4-10/h7,10,15H,3-6,8H2,1-2H3,(H2,14,19). The van der Waals surface area contributed by atoms with E-state index in [1.807, 2.05) is 6.92 Å². The fourth-order valence-electron chi connectivity index (χ4n) is 2.52. The number of rotatable bonds is 4. The van der Waals surface area contributed by atoms with Gasteiger partial charge in [0.15, 0.2) is 0 Å². The van der Waals surface area contributed by atoms with Crippen LogP contribution in [0.4, 0.5) is 0 Å². The molecule has 1 fully saturated rings. The molecule has 1 aromatic heterocycles. The lowest BCUT2D eigenvalue weighted by molar-refractivity contribution is -0.119. The van der Waals surface area contributed by atoms with E-state index in [9.17, 15) is 9.59 Å². The zero-order valence-electron chi connectivity index (χ0n) is 11.9. The Hall–Kier alpha value is -1.89. The smallest absolute Gasteiger partial charge is 0.258 e. The molecule has 2 heterocycles. The minimum Gasteiger partial charge on any atom is -0.368 e. The molecule has 7 heteroatoms. The third kappa shape index (κ3) is 2.98. The van der Waals surface area contributed by atoms with Crippen LogP contribution in [-0.2, 0) is 11.8 Å². The van der Waals surface area contributed by atoms with Crippen LogP contribution in [0.2, 0.25) is 0 Å². The number of carbonyl (C=O) groups excluding carboxylic acids is 2. The van der Waals surface area contributed by atoms with Crippen LogP contribution in [0, 0.1) is 6.92 Å². The lowest BCUT2D eigenvalue weighted by Gasteiger charge is -2.33. The van der Waals surface area contributed by atoms with Crippen LogP contribution in [0.3, 0.4) is 0 Å². The van der Waals surface area contributed by atoms with Crippen molar-refractivity contribution in [1.29, 1.82) is 0 Å². The summed E-state index contributed by atoms with van der Waals surface area (Å²) in [6, 6.07) is 0.0517. The number of hydrogen-bond donors (Lipinski definition) is 2. The second-order valence-electron chi connectivity index (χ2n) is 5.15. The number of carbonyl (C=O) groups is 2. The SMILES string of the molecule is Cc1c(C(=O)N(CC(N)=O)C2CCNCC2)cnn1C. The molecular weight excluding hydrogens is 258 g/mol. The molecule has 0 atom stereocenters. The molecule has 0 bridgehead atoms. The van der Waals surface area contributed by atoms with Gasteiger partial charge >= 0.3 is 0 Å². The van der Waals surface area contributed by atoms with Gasteiger partial charge in [0, 0.05) is 18.8 Å². The number of hydrogen-bond acceptors (Lipinski definition) is 4. The zero-order chi connectivity index (χ0) is 14.7. The second-order valence-corrected chi connectivity index (χ2v) is 5.15. The van der Waals surface area contributed by atoms with Gasteiger partial charge < -0.3 is 16.0 Å². The van der Waals surface area contributed by atoms with Crippen LogP contribution >= 0.6 is 0 Å². The predicted molar refractivity (Wildman–Crippen MR) is 74.1 cm³/mol. The Kier molecular flexibility index (Phi) is 4.39. The van der Waals surface area contributed by atoms with Crippen molar-refractivity contribution in [2.45, 2.75) is 25.8 Å². The minimum absolute atomic E-state index is 0.0438. The van der Waals surface area contributed by atoms with E-state index in [1.165, 1.54) is 0 Å². The second kappa shape index (κ2) is 6.04. The highest BCUT2D eigenvalue weighted by Crippen LogP contribution is 2.17. The largest absolute Gasteiger partial charge is 0.368 e. The summed E-state index contributed by atoms with van der Waals surface area (Å²) >= 11 is 0. The fourth-order valence-corrected chi connectivity index (χ4v) is 2.52. The number of aromatic nitrogens is 2. The highest BCUT2D eigenvalue weighted by atomic mass is 16.2. The molecule has 0 saturated carbocycles. The molecule has 1 aliphatic rings. The number of piperidine rings is 1. The molecule has 1 aromatic rings. The van der Waals surface area contributed by atoms with E-state index >= 15 is 0 Å². The van der Waals surface area contributed by atoms with Crippen molar-refractivity contribution < 1.29 is 9.59 Å². The van der Waals surface area contributed by atoms with Crippen LogP contribution < -0.4 is 11.1 Å². The topological polar surface area (TPSA) is 93.2 Å². The Balaban J connectivity index is 2.23. The van der Waals surface area contributed by atoms with Crippen molar-refractivity contribution in [3.8, 4) is 0 Å². The van der Waals surface area contributed by atoms with Crippen LogP contribution in [0.1, 0.15) is 28.9 Å². The van der Waals surface area contributed by atoms with Gasteiger partial charge in [-0.2, -0.15) is 5.10 Å². The molecule has 0 unspecified atom stereocenters. The van der Waals surface area contributed by atoms with E-state index in [0.717, 1.165) is 31.6 Å². The number of aryl methyl sites for hydroxylation is 1. The summed E-state index contributed by atoms with van der Waals surface area (Å²) < 4.78 is 1.65. The van der Waals surface area contributed by atoms with E-state index in [1.54, 1.807) is 22.8 Å². The third-order valence-corrected chi connectivity index (χ3v) is 3.80. The average Bonchev–Trinajstić information content (AvgIpc) is 2.76. The first-order chi connectivity index (χ1) is 9.50. The summed E-state index contributed by atoms with van der Waals surface area (Å²) in [4.78, 5) is 25.5. The third-order valence-electron chi connectivity index (χ3n) is 3.80. The number of nitrogens with two attached hydrogens (primary N) is 1. The molecule has 110 valence electrons. The maximum Gasteiger partial charge on any atom is 0.258 e. The lowest BCUT2D eigenvalue weighted by Crippen LogP contribution is -2.49. The van der Waals surface area contributed by atoms with E-state index < -0.39 is 5.91 Å². The Morgan fingerprint density at radius 1 is 1.50 bits per heavy atom. The quantitative estimate of drug-likeness (QED) is 0.770. The number of nitrogens with zero attached hydrogens (tertiary/aromatic N) is 3. The summed E-state index contributed by atoms with van der Waals surface area (Å²) in [5, 5.41) is 7.33. The van der Waals surface area contributed by atoms with Crippen molar-refractivity contribution in [2.75, 3.05) is 19.6 Å². The normalized spacial score (nSPS) is 16.1. The summed E-state index contributed by atoms with van der Waals surface area (Å²) in [5.74, 6) is -0.653. The molecule has 2 amide bonds. The fraction of sp³-hybridized carbons (Fsp3) is 0.615. The van der Waals surface area contributed by atoms with Crippen molar-refractivity contribution in [3.05, 3.63) is 17.5 Å². The maximum absolute atomic E-state index is 12.7. The average molecular weight is 279 g/mol. The first-order valence-corrected chi connectivity index (χ1v) is 6.79. The van der Waals surface area contributed by atoms with Crippen molar-refractivity contribution in [2.24, 2.45) is 12.8 Å². The highest BCUT2D eigenvalue weighted by molar-refractivity contribution is 5.97. The van der Waals surface area contributed by atoms with Gasteiger partial charge in [0.25, 0.3) is 5.91 Å². The van der Waals surface area contributed by atoms with Gasteiger partial charge in [-0.15, -0.1) is 0 Å². The monoisotopic (exact) mass is 279 g/mol. The minimum atomic E-state index is -0.488. The molecular formula is C13H21N5O2. The predicted octanol–water partition coefficient (Wildman–Crippen LogP) is -0.592. The number of nitrogens with one attached hydrogen (secondary N) is 1. The van der Waals surface area contributed by atoms with Gasteiger partial charge in [-0.3, -0.25) is 14.3 Å². The first-order valence-electron chi connectivity index (χ1n) is 6.79. The van der Waals surface area contributed by atoms with E-state index in [2.05, 4.69) is 10.4 Å². The molecule has 0 spiro atoms. The van der Waals surface area contributed by atoms with Crippen molar-refractivity contribution >= 4 is 11.8 Å². The van der Waals surface area contributed by atoms with E-state index in [-0.39, 0.29) is 18.5 Å². The van der Waals surface area contributed by atoms with E-state index in [4.69, 9.17) is 5.73 Å². The Morgan fingerprint density at radius 2 is 2.15 bits per heavy atom. The van der Waals surface area contributed by atoms with Gasteiger partial charge in [0.2, 0.25) is 5.91 Å². The van der Waals surface area contributed by atoms with Crippen molar-refractivity contribution in [1.82, 2.24) is 20.0 Å². The molecule has 0 radical (unpaired) electrons. The van der Waals surface area contributed by atoms with Gasteiger partial charge in [0.05, 0.1) is 18.3 Å². The number of primary amides is 1. The maximum atomic E-state index is 12.7. The zero-order valence-corrected chi connectivity index (χ0v) is 11.9. The molecule has 7 nitrogen and oxygen atoms in total. The Bertz CT molecular complexity index is 505. The first kappa shape index (κ1) is 14.5. The van der Waals surface area contributed by atoms with Gasteiger partial charge in [-0.1, -0.05) is 0 Å². The van der Waals surface area contributed by atoms with Gasteiger partial charge in [-0.25, -0.2) is 0 Å². The van der Waals surface area contributed by atoms with Crippen molar-refractivity contribution in [3.63, 3.8) is 0 Å². The molecule has 3 N–H and O–H groups in total. The Labute approximate surface area is 118 Å². The summed E-state index contributed by atoms with van der Waals surface area (Å²) in [6.45, 7) is 3.49. The van der Waals surface area contributed by atoms with Gasteiger partial charge in [0.1, 0.15) is 0 Å².